The summed E-state index contributed by atoms with van der Waals surface area (Å²) < 4.78 is 17.4. The average molecular weight is 198 g/mol. The van der Waals surface area contributed by atoms with Crippen LogP contribution in [0.1, 0.15) is 0 Å². The van der Waals surface area contributed by atoms with Crippen molar-refractivity contribution in [3.8, 4) is 0 Å². The molecule has 1 fully saturated rings. The Morgan fingerprint density at radius 2 is 1.92 bits per heavy atom. The van der Waals surface area contributed by atoms with Gasteiger partial charge in [0.15, 0.2) is 6.10 Å². The number of ether oxygens (including phenoxy) is 1. The molecule has 0 spiro atoms. The zero-order valence-corrected chi connectivity index (χ0v) is 6.59. The molecular formula is C6H11FO6. The monoisotopic (exact) mass is 198 g/mol. The van der Waals surface area contributed by atoms with Crippen LogP contribution in [0, 0.1) is 0 Å². The third-order valence-corrected chi connectivity index (χ3v) is 2.00. The van der Waals surface area contributed by atoms with E-state index in [1.165, 1.54) is 0 Å². The molecular weight excluding hydrogens is 187 g/mol. The van der Waals surface area contributed by atoms with Gasteiger partial charge in [0, 0.05) is 0 Å². The number of rotatable bonds is 1. The van der Waals surface area contributed by atoms with Crippen molar-refractivity contribution in [3.63, 3.8) is 0 Å². The second kappa shape index (κ2) is 3.12. The zero-order valence-electron chi connectivity index (χ0n) is 6.59. The Kier molecular flexibility index (Phi) is 2.59. The summed E-state index contributed by atoms with van der Waals surface area (Å²) in [7, 11) is 0. The van der Waals surface area contributed by atoms with E-state index in [1.807, 2.05) is 0 Å². The van der Waals surface area contributed by atoms with Crippen LogP contribution in [0.3, 0.4) is 0 Å². The average Bonchev–Trinajstić information content (AvgIpc) is 2.10. The lowest BCUT2D eigenvalue weighted by Crippen LogP contribution is -2.67. The smallest absolute Gasteiger partial charge is 0.266 e. The van der Waals surface area contributed by atoms with Crippen LogP contribution in [0.5, 0.6) is 0 Å². The molecule has 0 bridgehead atoms. The fraction of sp³-hybridized carbons (Fsp3) is 1.00. The molecule has 1 heterocycles. The SMILES string of the molecule is OC[C@]1(O)OC[C@@H](O)[C@](O)(F)[C@@H]1O. The minimum absolute atomic E-state index is 0.721. The Morgan fingerprint density at radius 3 is 2.38 bits per heavy atom. The van der Waals surface area contributed by atoms with Crippen LogP contribution in [0.4, 0.5) is 4.39 Å². The number of halogens is 1. The van der Waals surface area contributed by atoms with E-state index in [-0.39, 0.29) is 0 Å². The quantitative estimate of drug-likeness (QED) is 0.308. The van der Waals surface area contributed by atoms with Gasteiger partial charge in [0.2, 0.25) is 5.79 Å². The van der Waals surface area contributed by atoms with Crippen molar-refractivity contribution < 1.29 is 34.7 Å². The van der Waals surface area contributed by atoms with Crippen molar-refractivity contribution in [1.82, 2.24) is 0 Å². The third kappa shape index (κ3) is 1.54. The number of hydrogen-bond acceptors (Lipinski definition) is 6. The zero-order chi connectivity index (χ0) is 10.3. The first-order chi connectivity index (χ1) is 5.84. The van der Waals surface area contributed by atoms with E-state index in [1.54, 1.807) is 0 Å². The van der Waals surface area contributed by atoms with Crippen molar-refractivity contribution >= 4 is 0 Å². The second-order valence-corrected chi connectivity index (χ2v) is 2.96. The first kappa shape index (κ1) is 10.8. The minimum atomic E-state index is -3.39. The maximum atomic E-state index is 13.0. The van der Waals surface area contributed by atoms with E-state index in [9.17, 15) is 4.39 Å². The molecule has 0 aromatic heterocycles. The molecule has 0 aromatic rings. The molecule has 0 radical (unpaired) electrons. The fourth-order valence-electron chi connectivity index (χ4n) is 1.05. The van der Waals surface area contributed by atoms with E-state index in [4.69, 9.17) is 25.5 Å². The lowest BCUT2D eigenvalue weighted by atomic mass is 9.95. The topological polar surface area (TPSA) is 110 Å². The summed E-state index contributed by atoms with van der Waals surface area (Å²) in [6.07, 6.45) is -4.39. The molecule has 0 unspecified atom stereocenters. The van der Waals surface area contributed by atoms with E-state index in [0.717, 1.165) is 0 Å². The first-order valence-corrected chi connectivity index (χ1v) is 3.59. The maximum Gasteiger partial charge on any atom is 0.266 e. The highest BCUT2D eigenvalue weighted by molar-refractivity contribution is 4.96. The van der Waals surface area contributed by atoms with Crippen LogP contribution in [0.2, 0.25) is 0 Å². The Balaban J connectivity index is 2.88. The number of aliphatic hydroxyl groups is 5. The molecule has 6 nitrogen and oxygen atoms in total. The van der Waals surface area contributed by atoms with Gasteiger partial charge in [-0.2, -0.15) is 0 Å². The summed E-state index contributed by atoms with van der Waals surface area (Å²) in [6, 6.07) is 0. The second-order valence-electron chi connectivity index (χ2n) is 2.96. The summed E-state index contributed by atoms with van der Waals surface area (Å²) in [5, 5.41) is 44.4. The maximum absolute atomic E-state index is 13.0. The largest absolute Gasteiger partial charge is 0.391 e. The van der Waals surface area contributed by atoms with Gasteiger partial charge in [-0.25, -0.2) is 4.39 Å². The van der Waals surface area contributed by atoms with Crippen molar-refractivity contribution in [3.05, 3.63) is 0 Å². The summed E-state index contributed by atoms with van der Waals surface area (Å²) in [6.45, 7) is -1.81. The molecule has 7 heteroatoms. The van der Waals surface area contributed by atoms with Gasteiger partial charge in [-0.1, -0.05) is 0 Å². The van der Waals surface area contributed by atoms with E-state index >= 15 is 0 Å². The highest BCUT2D eigenvalue weighted by Crippen LogP contribution is 2.32. The van der Waals surface area contributed by atoms with E-state index < -0.39 is 37.1 Å². The number of alkyl halides is 1. The highest BCUT2D eigenvalue weighted by Gasteiger charge is 2.58. The van der Waals surface area contributed by atoms with Gasteiger partial charge >= 0.3 is 0 Å². The third-order valence-electron chi connectivity index (χ3n) is 2.00. The molecule has 5 N–H and O–H groups in total. The van der Waals surface area contributed by atoms with E-state index in [2.05, 4.69) is 4.74 Å². The first-order valence-electron chi connectivity index (χ1n) is 3.59. The summed E-state index contributed by atoms with van der Waals surface area (Å²) in [5.41, 5.74) is 0. The molecule has 4 atom stereocenters. The normalized spacial score (nSPS) is 52.2. The molecule has 0 aliphatic carbocycles. The predicted octanol–water partition coefficient (Wildman–Crippen LogP) is -2.92. The molecule has 1 aliphatic rings. The van der Waals surface area contributed by atoms with Gasteiger partial charge in [0.05, 0.1) is 13.2 Å². The summed E-state index contributed by atoms with van der Waals surface area (Å²) in [5.74, 6) is -5.97. The van der Waals surface area contributed by atoms with Gasteiger partial charge < -0.3 is 30.3 Å². The highest BCUT2D eigenvalue weighted by atomic mass is 19.2. The Hall–Kier alpha value is -0.310. The molecule has 1 aliphatic heterocycles. The number of hydrogen-bond donors (Lipinski definition) is 5. The van der Waals surface area contributed by atoms with Crippen molar-refractivity contribution in [2.24, 2.45) is 0 Å². The molecule has 0 amide bonds. The van der Waals surface area contributed by atoms with Gasteiger partial charge in [-0.3, -0.25) is 0 Å². The van der Waals surface area contributed by atoms with Crippen LogP contribution in [-0.2, 0) is 4.74 Å². The van der Waals surface area contributed by atoms with Crippen LogP contribution in [0.15, 0.2) is 0 Å². The lowest BCUT2D eigenvalue weighted by molar-refractivity contribution is -0.386. The molecule has 1 saturated heterocycles. The van der Waals surface area contributed by atoms with Gasteiger partial charge in [0.1, 0.15) is 6.10 Å². The van der Waals surface area contributed by atoms with Crippen molar-refractivity contribution in [2.45, 2.75) is 23.8 Å². The predicted molar refractivity (Wildman–Crippen MR) is 36.1 cm³/mol. The Morgan fingerprint density at radius 1 is 1.38 bits per heavy atom. The van der Waals surface area contributed by atoms with E-state index in [0.29, 0.717) is 0 Å². The van der Waals surface area contributed by atoms with Gasteiger partial charge in [-0.15, -0.1) is 0 Å². The van der Waals surface area contributed by atoms with Gasteiger partial charge in [0.25, 0.3) is 5.85 Å². The summed E-state index contributed by atoms with van der Waals surface area (Å²) in [4.78, 5) is 0. The van der Waals surface area contributed by atoms with Crippen LogP contribution in [0.25, 0.3) is 0 Å². The van der Waals surface area contributed by atoms with Crippen LogP contribution < -0.4 is 0 Å². The molecule has 13 heavy (non-hydrogen) atoms. The van der Waals surface area contributed by atoms with Crippen molar-refractivity contribution in [2.75, 3.05) is 13.2 Å². The lowest BCUT2D eigenvalue weighted by Gasteiger charge is -2.43. The molecule has 78 valence electrons. The van der Waals surface area contributed by atoms with Crippen LogP contribution >= 0.6 is 0 Å². The Bertz CT molecular complexity index is 193. The van der Waals surface area contributed by atoms with Crippen molar-refractivity contribution in [1.29, 1.82) is 0 Å². The minimum Gasteiger partial charge on any atom is -0.391 e. The molecule has 1 rings (SSSR count). The fourth-order valence-corrected chi connectivity index (χ4v) is 1.05. The molecule has 0 aromatic carbocycles. The number of aliphatic hydroxyl groups excluding tert-OH is 3. The van der Waals surface area contributed by atoms with Crippen LogP contribution in [-0.4, -0.2) is 62.6 Å². The Labute approximate surface area is 72.8 Å². The standard InChI is InChI=1S/C6H11FO6/c7-6(12)3(9)1-13-5(11,2-8)4(6)10/h3-4,8-12H,1-2H2/t3-,4-,5+,6-/m1/s1. The summed E-state index contributed by atoms with van der Waals surface area (Å²) >= 11 is 0. The van der Waals surface area contributed by atoms with Gasteiger partial charge in [-0.05, 0) is 0 Å². The molecule has 0 saturated carbocycles.